The van der Waals surface area contributed by atoms with Gasteiger partial charge in [0.1, 0.15) is 23.0 Å². The van der Waals surface area contributed by atoms with E-state index in [0.717, 1.165) is 0 Å². The monoisotopic (exact) mass is 380 g/mol. The second-order valence-electron chi connectivity index (χ2n) is 6.74. The molecule has 8 heteroatoms. The maximum absolute atomic E-state index is 14.6. The summed E-state index contributed by atoms with van der Waals surface area (Å²) in [7, 11) is 3.85. The van der Waals surface area contributed by atoms with Crippen molar-refractivity contribution in [2.75, 3.05) is 14.1 Å². The van der Waals surface area contributed by atoms with Gasteiger partial charge in [-0.3, -0.25) is 5.10 Å². The van der Waals surface area contributed by atoms with Gasteiger partial charge >= 0.3 is 0 Å². The van der Waals surface area contributed by atoms with Crippen molar-refractivity contribution in [3.8, 4) is 11.4 Å². The number of aromatic amines is 2. The van der Waals surface area contributed by atoms with Crippen molar-refractivity contribution in [3.63, 3.8) is 0 Å². The van der Waals surface area contributed by atoms with Crippen LogP contribution >= 0.6 is 0 Å². The van der Waals surface area contributed by atoms with Crippen LogP contribution in [0.5, 0.6) is 0 Å². The number of aromatic nitrogens is 5. The first-order valence-electron chi connectivity index (χ1n) is 8.67. The van der Waals surface area contributed by atoms with Crippen molar-refractivity contribution < 1.29 is 8.78 Å². The molecular weight excluding hydrogens is 362 g/mol. The Morgan fingerprint density at radius 2 is 1.93 bits per heavy atom. The maximum Gasteiger partial charge on any atom is 0.161 e. The third-order valence-corrected chi connectivity index (χ3v) is 4.21. The molecule has 0 aliphatic rings. The highest BCUT2D eigenvalue weighted by atomic mass is 19.1. The number of benzene rings is 2. The smallest absolute Gasteiger partial charge is 0.161 e. The largest absolute Gasteiger partial charge is 0.324 e. The number of hydrogen-bond acceptors (Lipinski definition) is 4. The Hall–Kier alpha value is -3.39. The van der Waals surface area contributed by atoms with Crippen LogP contribution in [-0.2, 0) is 6.54 Å². The normalized spacial score (nSPS) is 11.9. The molecule has 0 spiro atoms. The SMILES string of the molecule is CN(C)Cc1nnc(-c2cc(F)c3[nH]nc(C=Cc4cccc(F)c4)c3c2)[nH]1. The van der Waals surface area contributed by atoms with E-state index in [0.29, 0.717) is 45.9 Å². The molecule has 0 aliphatic heterocycles. The molecule has 0 saturated carbocycles. The minimum atomic E-state index is -0.434. The van der Waals surface area contributed by atoms with Crippen LogP contribution in [0, 0.1) is 11.6 Å². The van der Waals surface area contributed by atoms with Crippen LogP contribution in [0.2, 0.25) is 0 Å². The summed E-state index contributed by atoms with van der Waals surface area (Å²) in [6, 6.07) is 9.39. The summed E-state index contributed by atoms with van der Waals surface area (Å²) >= 11 is 0. The van der Waals surface area contributed by atoms with Gasteiger partial charge in [-0.05, 0) is 50.0 Å². The first-order valence-corrected chi connectivity index (χ1v) is 8.67. The molecule has 0 atom stereocenters. The van der Waals surface area contributed by atoms with Crippen LogP contribution in [0.25, 0.3) is 34.4 Å². The fraction of sp³-hybridized carbons (Fsp3) is 0.150. The molecule has 4 rings (SSSR count). The second kappa shape index (κ2) is 7.32. The average molecular weight is 380 g/mol. The summed E-state index contributed by atoms with van der Waals surface area (Å²) in [5.41, 5.74) is 2.12. The van der Waals surface area contributed by atoms with Crippen molar-refractivity contribution in [1.29, 1.82) is 0 Å². The molecule has 0 saturated heterocycles. The Balaban J connectivity index is 1.71. The molecular formula is C20H18F2N6. The van der Waals surface area contributed by atoms with Gasteiger partial charge in [0, 0.05) is 10.9 Å². The van der Waals surface area contributed by atoms with E-state index in [9.17, 15) is 8.78 Å². The number of rotatable bonds is 5. The van der Waals surface area contributed by atoms with Crippen molar-refractivity contribution in [3.05, 3.63) is 65.1 Å². The van der Waals surface area contributed by atoms with Gasteiger partial charge in [0.15, 0.2) is 5.82 Å². The quantitative estimate of drug-likeness (QED) is 0.551. The summed E-state index contributed by atoms with van der Waals surface area (Å²) in [6.07, 6.45) is 3.45. The van der Waals surface area contributed by atoms with E-state index >= 15 is 0 Å². The van der Waals surface area contributed by atoms with E-state index in [2.05, 4.69) is 25.4 Å². The predicted octanol–water partition coefficient (Wildman–Crippen LogP) is 3.86. The van der Waals surface area contributed by atoms with Crippen LogP contribution in [0.3, 0.4) is 0 Å². The Labute approximate surface area is 159 Å². The third-order valence-electron chi connectivity index (χ3n) is 4.21. The van der Waals surface area contributed by atoms with Crippen molar-refractivity contribution in [2.24, 2.45) is 0 Å². The molecule has 0 fully saturated rings. The van der Waals surface area contributed by atoms with E-state index in [4.69, 9.17) is 0 Å². The number of H-pyrrole nitrogens is 2. The fourth-order valence-corrected chi connectivity index (χ4v) is 2.95. The van der Waals surface area contributed by atoms with Gasteiger partial charge in [0.05, 0.1) is 12.2 Å². The van der Waals surface area contributed by atoms with Gasteiger partial charge in [-0.1, -0.05) is 18.2 Å². The third kappa shape index (κ3) is 3.67. The van der Waals surface area contributed by atoms with Gasteiger partial charge in [0.2, 0.25) is 0 Å². The lowest BCUT2D eigenvalue weighted by atomic mass is 10.1. The standard InChI is InChI=1S/C20H18F2N6/c1-28(2)11-18-23-20(27-25-18)13-9-15-17(24-26-19(15)16(22)10-13)7-6-12-4-3-5-14(21)8-12/h3-10H,11H2,1-2H3,(H,24,26)(H,23,25,27). The van der Waals surface area contributed by atoms with E-state index in [1.54, 1.807) is 30.4 Å². The molecule has 142 valence electrons. The summed E-state index contributed by atoms with van der Waals surface area (Å²) in [4.78, 5) is 5.07. The van der Waals surface area contributed by atoms with Gasteiger partial charge in [-0.2, -0.15) is 5.10 Å². The Morgan fingerprint density at radius 3 is 2.71 bits per heavy atom. The average Bonchev–Trinajstić information content (AvgIpc) is 3.27. The van der Waals surface area contributed by atoms with Crippen molar-refractivity contribution in [1.82, 2.24) is 30.3 Å². The molecule has 2 N–H and O–H groups in total. The predicted molar refractivity (Wildman–Crippen MR) is 104 cm³/mol. The van der Waals surface area contributed by atoms with Gasteiger partial charge in [-0.15, -0.1) is 10.2 Å². The fourth-order valence-electron chi connectivity index (χ4n) is 2.95. The molecule has 0 radical (unpaired) electrons. The van der Waals surface area contributed by atoms with Crippen molar-refractivity contribution >= 4 is 23.1 Å². The lowest BCUT2D eigenvalue weighted by molar-refractivity contribution is 0.391. The molecule has 2 aromatic heterocycles. The highest BCUT2D eigenvalue weighted by molar-refractivity contribution is 5.92. The lowest BCUT2D eigenvalue weighted by Crippen LogP contribution is -2.11. The molecule has 0 aliphatic carbocycles. The van der Waals surface area contributed by atoms with Crippen LogP contribution in [0.1, 0.15) is 17.1 Å². The van der Waals surface area contributed by atoms with E-state index in [-0.39, 0.29) is 5.82 Å². The highest BCUT2D eigenvalue weighted by Gasteiger charge is 2.14. The Morgan fingerprint density at radius 1 is 1.07 bits per heavy atom. The molecule has 28 heavy (non-hydrogen) atoms. The van der Waals surface area contributed by atoms with Gasteiger partial charge in [0.25, 0.3) is 0 Å². The molecule has 0 bridgehead atoms. The highest BCUT2D eigenvalue weighted by Crippen LogP contribution is 2.27. The van der Waals surface area contributed by atoms with E-state index < -0.39 is 5.82 Å². The van der Waals surface area contributed by atoms with E-state index in [1.807, 2.05) is 19.0 Å². The van der Waals surface area contributed by atoms with E-state index in [1.165, 1.54) is 18.2 Å². The minimum absolute atomic E-state index is 0.302. The number of nitrogens with zero attached hydrogens (tertiary/aromatic N) is 4. The number of fused-ring (bicyclic) bond motifs is 1. The van der Waals surface area contributed by atoms with Crippen LogP contribution in [0.15, 0.2) is 36.4 Å². The van der Waals surface area contributed by atoms with Gasteiger partial charge in [-0.25, -0.2) is 8.78 Å². The zero-order valence-corrected chi connectivity index (χ0v) is 15.4. The lowest BCUT2D eigenvalue weighted by Gasteiger charge is -2.04. The second-order valence-corrected chi connectivity index (χ2v) is 6.74. The van der Waals surface area contributed by atoms with Crippen LogP contribution in [-0.4, -0.2) is 44.4 Å². The van der Waals surface area contributed by atoms with Gasteiger partial charge < -0.3 is 9.88 Å². The van der Waals surface area contributed by atoms with Crippen LogP contribution in [0.4, 0.5) is 8.78 Å². The summed E-state index contributed by atoms with van der Waals surface area (Å²) in [5.74, 6) is 0.426. The summed E-state index contributed by atoms with van der Waals surface area (Å²) in [5, 5.41) is 15.7. The molecule has 6 nitrogen and oxygen atoms in total. The number of nitrogens with one attached hydrogen (secondary N) is 2. The van der Waals surface area contributed by atoms with Crippen molar-refractivity contribution in [2.45, 2.75) is 6.54 Å². The molecule has 4 aromatic rings. The molecule has 2 heterocycles. The molecule has 0 unspecified atom stereocenters. The topological polar surface area (TPSA) is 73.5 Å². The summed E-state index contributed by atoms with van der Waals surface area (Å²) in [6.45, 7) is 0.602. The maximum atomic E-state index is 14.6. The molecule has 0 amide bonds. The van der Waals surface area contributed by atoms with Crippen LogP contribution < -0.4 is 0 Å². The first-order chi connectivity index (χ1) is 13.5. The zero-order valence-electron chi connectivity index (χ0n) is 15.4. The minimum Gasteiger partial charge on any atom is -0.324 e. The Kier molecular flexibility index (Phi) is 4.70. The zero-order chi connectivity index (χ0) is 19.7. The number of halogens is 2. The summed E-state index contributed by atoms with van der Waals surface area (Å²) < 4.78 is 27.9. The first kappa shape index (κ1) is 18.0. The molecule has 2 aromatic carbocycles. The Bertz CT molecular complexity index is 1160. The number of hydrogen-bond donors (Lipinski definition) is 2.